The van der Waals surface area contributed by atoms with E-state index in [0.717, 1.165) is 12.2 Å². The van der Waals surface area contributed by atoms with E-state index in [1.807, 2.05) is 0 Å². The minimum Gasteiger partial charge on any atom is -0.486 e. The van der Waals surface area contributed by atoms with Gasteiger partial charge >= 0.3 is 0 Å². The molecular weight excluding hydrogens is 354 g/mol. The van der Waals surface area contributed by atoms with E-state index in [4.69, 9.17) is 4.74 Å². The minimum atomic E-state index is 0.0424. The normalized spacial score (nSPS) is 17.2. The second kappa shape index (κ2) is 7.02. The van der Waals surface area contributed by atoms with Crippen molar-refractivity contribution in [1.82, 2.24) is 0 Å². The number of benzene rings is 2. The van der Waals surface area contributed by atoms with Crippen LogP contribution in [0.2, 0.25) is 0 Å². The molecule has 0 N–H and O–H groups in total. The van der Waals surface area contributed by atoms with Gasteiger partial charge in [0.2, 0.25) is 5.69 Å². The highest BCUT2D eigenvalue weighted by atomic mass is 16.5. The van der Waals surface area contributed by atoms with Gasteiger partial charge in [0.25, 0.3) is 0 Å². The van der Waals surface area contributed by atoms with E-state index in [2.05, 4.69) is 80.2 Å². The summed E-state index contributed by atoms with van der Waals surface area (Å²) in [4.78, 5) is 0. The molecule has 0 atom stereocenters. The van der Waals surface area contributed by atoms with Gasteiger partial charge in [0.15, 0.2) is 6.20 Å². The van der Waals surface area contributed by atoms with E-state index in [9.17, 15) is 0 Å². The average molecular weight is 385 g/mol. The third-order valence-corrected chi connectivity index (χ3v) is 6.87. The van der Waals surface area contributed by atoms with Gasteiger partial charge in [0, 0.05) is 18.1 Å². The molecule has 3 aromatic rings. The van der Waals surface area contributed by atoms with Crippen LogP contribution in [0.1, 0.15) is 48.8 Å². The second-order valence-corrected chi connectivity index (χ2v) is 9.00. The molecule has 5 rings (SSSR count). The quantitative estimate of drug-likeness (QED) is 0.487. The summed E-state index contributed by atoms with van der Waals surface area (Å²) < 4.78 is 9.07. The molecule has 29 heavy (non-hydrogen) atoms. The van der Waals surface area contributed by atoms with Crippen LogP contribution in [0.15, 0.2) is 54.7 Å². The lowest BCUT2D eigenvalue weighted by Gasteiger charge is -2.32. The first kappa shape index (κ1) is 18.4. The summed E-state index contributed by atoms with van der Waals surface area (Å²) in [5.41, 5.74) is 9.08. The minimum absolute atomic E-state index is 0.0424. The summed E-state index contributed by atoms with van der Waals surface area (Å²) in [5, 5.41) is 0. The van der Waals surface area contributed by atoms with Gasteiger partial charge < -0.3 is 4.74 Å². The fourth-order valence-electron chi connectivity index (χ4n) is 5.29. The molecule has 2 nitrogen and oxygen atoms in total. The van der Waals surface area contributed by atoms with Crippen LogP contribution < -0.4 is 9.30 Å². The molecule has 1 aromatic heterocycles. The molecule has 0 radical (unpaired) electrons. The van der Waals surface area contributed by atoms with E-state index >= 15 is 0 Å². The molecule has 1 aliphatic heterocycles. The number of pyridine rings is 1. The predicted octanol–water partition coefficient (Wildman–Crippen LogP) is 6.10. The summed E-state index contributed by atoms with van der Waals surface area (Å²) in [6.45, 7) is 4.43. The van der Waals surface area contributed by atoms with E-state index in [1.54, 1.807) is 0 Å². The van der Waals surface area contributed by atoms with Crippen molar-refractivity contribution in [2.75, 3.05) is 0 Å². The standard InChI is InChI=1S/C27H30NO/c1-19-12-13-22-17-27(14-8-5-9-15-27)29-26(22)25(19)24-16-20(2)23(18-28(24)3)21-10-6-4-7-11-21/h4,6-7,10-13,16,18H,5,8-9,14-15,17H2,1-3H3/q+1. The van der Waals surface area contributed by atoms with Gasteiger partial charge in [-0.2, -0.15) is 0 Å². The third-order valence-electron chi connectivity index (χ3n) is 6.87. The van der Waals surface area contributed by atoms with Crippen molar-refractivity contribution in [1.29, 1.82) is 0 Å². The Hall–Kier alpha value is -2.61. The van der Waals surface area contributed by atoms with Crippen molar-refractivity contribution in [3.63, 3.8) is 0 Å². The maximum atomic E-state index is 6.80. The van der Waals surface area contributed by atoms with Gasteiger partial charge in [0.1, 0.15) is 18.4 Å². The van der Waals surface area contributed by atoms with E-state index in [-0.39, 0.29) is 5.60 Å². The van der Waals surface area contributed by atoms with Crippen LogP contribution in [0.4, 0.5) is 0 Å². The first-order valence-corrected chi connectivity index (χ1v) is 10.9. The number of rotatable bonds is 2. The zero-order valence-electron chi connectivity index (χ0n) is 17.8. The zero-order chi connectivity index (χ0) is 20.0. The SMILES string of the molecule is Cc1cc(-c2c(C)ccc3c2OC2(CCCCC2)C3)[n+](C)cc1-c1ccccc1. The molecule has 0 amide bonds. The van der Waals surface area contributed by atoms with Gasteiger partial charge in [-0.25, -0.2) is 4.57 Å². The molecule has 2 aromatic carbocycles. The maximum absolute atomic E-state index is 6.80. The molecule has 0 unspecified atom stereocenters. The third kappa shape index (κ3) is 3.15. The Bertz CT molecular complexity index is 1060. The van der Waals surface area contributed by atoms with Crippen LogP contribution in [-0.4, -0.2) is 5.60 Å². The molecule has 2 heteroatoms. The summed E-state index contributed by atoms with van der Waals surface area (Å²) in [6, 6.07) is 17.6. The lowest BCUT2D eigenvalue weighted by molar-refractivity contribution is -0.660. The molecule has 0 saturated heterocycles. The van der Waals surface area contributed by atoms with Crippen LogP contribution in [0.5, 0.6) is 5.75 Å². The summed E-state index contributed by atoms with van der Waals surface area (Å²) >= 11 is 0. The highest BCUT2D eigenvalue weighted by molar-refractivity contribution is 5.75. The van der Waals surface area contributed by atoms with Crippen molar-refractivity contribution < 1.29 is 9.30 Å². The van der Waals surface area contributed by atoms with Gasteiger partial charge in [-0.3, -0.25) is 0 Å². The topological polar surface area (TPSA) is 13.1 Å². The predicted molar refractivity (Wildman–Crippen MR) is 118 cm³/mol. The second-order valence-electron chi connectivity index (χ2n) is 9.00. The van der Waals surface area contributed by atoms with Gasteiger partial charge in [0.05, 0.1) is 5.56 Å². The number of nitrogens with zero attached hydrogens (tertiary/aromatic N) is 1. The Balaban J connectivity index is 1.61. The Morgan fingerprint density at radius 1 is 0.897 bits per heavy atom. The highest BCUT2D eigenvalue weighted by Gasteiger charge is 2.42. The molecule has 2 heterocycles. The van der Waals surface area contributed by atoms with Gasteiger partial charge in [-0.15, -0.1) is 0 Å². The molecule has 1 aliphatic carbocycles. The fourth-order valence-corrected chi connectivity index (χ4v) is 5.29. The first-order chi connectivity index (χ1) is 14.1. The van der Waals surface area contributed by atoms with Crippen molar-refractivity contribution in [2.45, 2.75) is 58.0 Å². The van der Waals surface area contributed by atoms with Crippen molar-refractivity contribution in [3.05, 3.63) is 71.4 Å². The monoisotopic (exact) mass is 384 g/mol. The molecule has 1 saturated carbocycles. The Labute approximate surface area is 174 Å². The lowest BCUT2D eigenvalue weighted by Crippen LogP contribution is -2.36. The van der Waals surface area contributed by atoms with Crippen LogP contribution in [0.3, 0.4) is 0 Å². The summed E-state index contributed by atoms with van der Waals surface area (Å²) in [6.07, 6.45) is 9.66. The van der Waals surface area contributed by atoms with E-state index < -0.39 is 0 Å². The number of ether oxygens (including phenoxy) is 1. The fraction of sp³-hybridized carbons (Fsp3) is 0.370. The first-order valence-electron chi connectivity index (χ1n) is 10.9. The average Bonchev–Trinajstić information content (AvgIpc) is 3.08. The molecule has 1 spiro atoms. The number of hydrogen-bond donors (Lipinski definition) is 0. The van der Waals surface area contributed by atoms with Crippen molar-refractivity contribution in [3.8, 4) is 28.1 Å². The van der Waals surface area contributed by atoms with Crippen molar-refractivity contribution in [2.24, 2.45) is 7.05 Å². The van der Waals surface area contributed by atoms with Gasteiger partial charge in [-0.1, -0.05) is 48.9 Å². The van der Waals surface area contributed by atoms with Crippen LogP contribution in [-0.2, 0) is 13.5 Å². The maximum Gasteiger partial charge on any atom is 0.216 e. The zero-order valence-corrected chi connectivity index (χ0v) is 17.8. The Morgan fingerprint density at radius 2 is 1.66 bits per heavy atom. The van der Waals surface area contributed by atoms with Crippen LogP contribution >= 0.6 is 0 Å². The smallest absolute Gasteiger partial charge is 0.216 e. The number of aromatic nitrogens is 1. The number of hydrogen-bond acceptors (Lipinski definition) is 1. The lowest BCUT2D eigenvalue weighted by atomic mass is 9.82. The Kier molecular flexibility index (Phi) is 4.46. The number of aryl methyl sites for hydroxylation is 3. The molecule has 148 valence electrons. The number of fused-ring (bicyclic) bond motifs is 1. The van der Waals surface area contributed by atoms with E-state index in [0.29, 0.717) is 0 Å². The van der Waals surface area contributed by atoms with Crippen molar-refractivity contribution >= 4 is 0 Å². The van der Waals surface area contributed by atoms with Crippen LogP contribution in [0, 0.1) is 13.8 Å². The molecule has 2 aliphatic rings. The molecule has 0 bridgehead atoms. The van der Waals surface area contributed by atoms with E-state index in [1.165, 1.54) is 71.2 Å². The van der Waals surface area contributed by atoms with Crippen LogP contribution in [0.25, 0.3) is 22.4 Å². The summed E-state index contributed by atoms with van der Waals surface area (Å²) in [5.74, 6) is 1.13. The summed E-state index contributed by atoms with van der Waals surface area (Å²) in [7, 11) is 2.16. The molecular formula is C27H30NO+. The van der Waals surface area contributed by atoms with Gasteiger partial charge in [-0.05, 0) is 61.8 Å². The largest absolute Gasteiger partial charge is 0.486 e. The molecule has 1 fully saturated rings. The Morgan fingerprint density at radius 3 is 2.41 bits per heavy atom. The highest BCUT2D eigenvalue weighted by Crippen LogP contribution is 2.48.